The molecule has 2 N–H and O–H groups in total. The minimum absolute atomic E-state index is 0.0995. The molecule has 0 saturated carbocycles. The van der Waals surface area contributed by atoms with Crippen LogP contribution in [0.3, 0.4) is 0 Å². The van der Waals surface area contributed by atoms with Crippen LogP contribution in [0.4, 0.5) is 11.5 Å². The van der Waals surface area contributed by atoms with Crippen molar-refractivity contribution in [3.8, 4) is 0 Å². The number of fused-ring (bicyclic) bond motifs is 2. The predicted molar refractivity (Wildman–Crippen MR) is 104 cm³/mol. The maximum Gasteiger partial charge on any atom is 0.352 e. The van der Waals surface area contributed by atoms with Crippen molar-refractivity contribution in [3.05, 3.63) is 58.6 Å². The van der Waals surface area contributed by atoms with Crippen molar-refractivity contribution < 1.29 is 19.4 Å². The smallest absolute Gasteiger partial charge is 0.352 e. The largest absolute Gasteiger partial charge is 0.710 e. The highest BCUT2D eigenvalue weighted by molar-refractivity contribution is 5.82. The topological polar surface area (TPSA) is 134 Å². The van der Waals surface area contributed by atoms with Gasteiger partial charge in [0, 0.05) is 19.1 Å². The van der Waals surface area contributed by atoms with Crippen molar-refractivity contribution in [1.29, 1.82) is 0 Å². The fraction of sp³-hybridized carbons (Fsp3) is 0.211. The molecule has 0 bridgehead atoms. The number of carboxylic acid groups (broad SMARTS) is 1. The number of anilines is 2. The van der Waals surface area contributed by atoms with Gasteiger partial charge < -0.3 is 15.5 Å². The Kier molecular flexibility index (Phi) is 4.38. The van der Waals surface area contributed by atoms with Crippen LogP contribution < -0.4 is 14.8 Å². The number of benzene rings is 2. The Morgan fingerprint density at radius 2 is 1.90 bits per heavy atom. The second-order valence-electron chi connectivity index (χ2n) is 6.64. The van der Waals surface area contributed by atoms with Crippen molar-refractivity contribution in [3.63, 3.8) is 0 Å². The third-order valence-corrected chi connectivity index (χ3v) is 4.87. The summed E-state index contributed by atoms with van der Waals surface area (Å²) in [6.07, 6.45) is 0.365. The SMILES string of the molecule is CCC(C(=O)O)n1nnc2cc(Nc3c(C)[n+]([O-])c4ccccc4[n+]3[O-])ccc21. The molecular formula is C19H18N6O4. The number of rotatable bonds is 5. The molecular weight excluding hydrogens is 376 g/mol. The van der Waals surface area contributed by atoms with Crippen LogP contribution in [-0.2, 0) is 4.79 Å². The Morgan fingerprint density at radius 1 is 1.21 bits per heavy atom. The summed E-state index contributed by atoms with van der Waals surface area (Å²) in [5.74, 6) is -0.886. The highest BCUT2D eigenvalue weighted by atomic mass is 16.5. The summed E-state index contributed by atoms with van der Waals surface area (Å²) < 4.78 is 2.75. The van der Waals surface area contributed by atoms with E-state index in [1.807, 2.05) is 0 Å². The van der Waals surface area contributed by atoms with Crippen LogP contribution in [0, 0.1) is 17.3 Å². The van der Waals surface area contributed by atoms with Gasteiger partial charge in [-0.05, 0) is 24.6 Å². The van der Waals surface area contributed by atoms with Gasteiger partial charge >= 0.3 is 11.8 Å². The van der Waals surface area contributed by atoms with Crippen molar-refractivity contribution in [1.82, 2.24) is 15.0 Å². The van der Waals surface area contributed by atoms with Gasteiger partial charge in [0.25, 0.3) is 11.2 Å². The zero-order valence-electron chi connectivity index (χ0n) is 15.7. The summed E-state index contributed by atoms with van der Waals surface area (Å²) in [7, 11) is 0. The summed E-state index contributed by atoms with van der Waals surface area (Å²) in [6.45, 7) is 3.32. The van der Waals surface area contributed by atoms with Gasteiger partial charge in [0.05, 0.1) is 5.52 Å². The van der Waals surface area contributed by atoms with Crippen LogP contribution in [0.1, 0.15) is 25.1 Å². The molecule has 148 valence electrons. The van der Waals surface area contributed by atoms with Crippen molar-refractivity contribution >= 4 is 39.5 Å². The number of aromatic nitrogens is 5. The van der Waals surface area contributed by atoms with E-state index in [9.17, 15) is 20.3 Å². The van der Waals surface area contributed by atoms with E-state index < -0.39 is 12.0 Å². The average molecular weight is 394 g/mol. The molecule has 10 heteroatoms. The maximum absolute atomic E-state index is 12.8. The standard InChI is InChI=1S/C19H18N6O4/c1-3-14(19(26)27)23-15-9-8-12(10-13(15)21-22-23)20-18-11(2)24(28)16-6-4-5-7-17(16)25(18)29/h4-10,14,20H,3H2,1-2H3,(H,26,27). The fourth-order valence-corrected chi connectivity index (χ4v) is 3.33. The molecule has 2 aromatic carbocycles. The lowest BCUT2D eigenvalue weighted by atomic mass is 10.2. The highest BCUT2D eigenvalue weighted by Crippen LogP contribution is 2.24. The quantitative estimate of drug-likeness (QED) is 0.390. The van der Waals surface area contributed by atoms with Crippen LogP contribution in [0.5, 0.6) is 0 Å². The van der Waals surface area contributed by atoms with Crippen LogP contribution >= 0.6 is 0 Å². The van der Waals surface area contributed by atoms with Crippen LogP contribution in [-0.4, -0.2) is 26.1 Å². The van der Waals surface area contributed by atoms with E-state index in [1.54, 1.807) is 56.3 Å². The fourth-order valence-electron chi connectivity index (χ4n) is 3.33. The first-order valence-corrected chi connectivity index (χ1v) is 9.01. The molecule has 10 nitrogen and oxygen atoms in total. The van der Waals surface area contributed by atoms with E-state index >= 15 is 0 Å². The summed E-state index contributed by atoms with van der Waals surface area (Å²) in [4.78, 5) is 11.4. The van der Waals surface area contributed by atoms with E-state index in [0.717, 1.165) is 0 Å². The predicted octanol–water partition coefficient (Wildman–Crippen LogP) is 1.94. The molecule has 0 saturated heterocycles. The van der Waals surface area contributed by atoms with Crippen LogP contribution in [0.2, 0.25) is 0 Å². The molecule has 0 amide bonds. The van der Waals surface area contributed by atoms with Crippen LogP contribution in [0.25, 0.3) is 22.1 Å². The second kappa shape index (κ2) is 6.89. The molecule has 29 heavy (non-hydrogen) atoms. The van der Waals surface area contributed by atoms with Crippen molar-refractivity contribution in [2.45, 2.75) is 26.3 Å². The molecule has 0 aliphatic carbocycles. The van der Waals surface area contributed by atoms with Crippen LogP contribution in [0.15, 0.2) is 42.5 Å². The Labute approximate surface area is 164 Å². The monoisotopic (exact) mass is 394 g/mol. The molecule has 1 unspecified atom stereocenters. The molecule has 0 fully saturated rings. The molecule has 0 radical (unpaired) electrons. The Balaban J connectivity index is 1.77. The lowest BCUT2D eigenvalue weighted by Crippen LogP contribution is -2.43. The third kappa shape index (κ3) is 2.94. The normalized spacial score (nSPS) is 12.3. The first-order valence-electron chi connectivity index (χ1n) is 9.01. The minimum Gasteiger partial charge on any atom is -0.710 e. The van der Waals surface area contributed by atoms with E-state index in [-0.39, 0.29) is 22.5 Å². The van der Waals surface area contributed by atoms with E-state index in [2.05, 4.69) is 15.6 Å². The maximum atomic E-state index is 12.8. The third-order valence-electron chi connectivity index (χ3n) is 4.87. The lowest BCUT2D eigenvalue weighted by Gasteiger charge is -2.14. The zero-order valence-corrected chi connectivity index (χ0v) is 15.7. The summed E-state index contributed by atoms with van der Waals surface area (Å²) in [5, 5.41) is 45.6. The van der Waals surface area contributed by atoms with Gasteiger partial charge in [0.1, 0.15) is 11.2 Å². The van der Waals surface area contributed by atoms with Gasteiger partial charge in [0.2, 0.25) is 5.52 Å². The van der Waals surface area contributed by atoms with Crippen molar-refractivity contribution in [2.75, 3.05) is 5.32 Å². The van der Waals surface area contributed by atoms with E-state index in [1.165, 1.54) is 4.68 Å². The van der Waals surface area contributed by atoms with Gasteiger partial charge in [-0.1, -0.05) is 24.3 Å². The van der Waals surface area contributed by atoms with Crippen molar-refractivity contribution in [2.24, 2.45) is 0 Å². The van der Waals surface area contributed by atoms with Gasteiger partial charge in [0.15, 0.2) is 6.04 Å². The molecule has 4 aromatic rings. The number of carbonyl (C=O) groups is 1. The number of para-hydroxylation sites is 2. The summed E-state index contributed by atoms with van der Waals surface area (Å²) in [6, 6.07) is 10.7. The number of hydrogen-bond acceptors (Lipinski definition) is 6. The number of aliphatic carboxylic acids is 1. The molecule has 4 rings (SSSR count). The first-order chi connectivity index (χ1) is 13.9. The van der Waals surface area contributed by atoms with Gasteiger partial charge in [-0.15, -0.1) is 5.10 Å². The number of nitrogens with one attached hydrogen (secondary N) is 1. The molecule has 1 atom stereocenters. The summed E-state index contributed by atoms with van der Waals surface area (Å²) >= 11 is 0. The zero-order chi connectivity index (χ0) is 20.7. The number of nitrogens with zero attached hydrogens (tertiary/aromatic N) is 5. The lowest BCUT2D eigenvalue weighted by molar-refractivity contribution is -0.623. The Bertz CT molecular complexity index is 1250. The second-order valence-corrected chi connectivity index (χ2v) is 6.64. The average Bonchev–Trinajstić information content (AvgIpc) is 3.13. The van der Waals surface area contributed by atoms with E-state index in [4.69, 9.17) is 0 Å². The Morgan fingerprint density at radius 3 is 2.55 bits per heavy atom. The van der Waals surface area contributed by atoms with Gasteiger partial charge in [-0.2, -0.15) is 4.73 Å². The number of hydrogen-bond donors (Lipinski definition) is 2. The molecule has 2 heterocycles. The van der Waals surface area contributed by atoms with E-state index in [0.29, 0.717) is 32.6 Å². The molecule has 2 aromatic heterocycles. The molecule has 0 aliphatic rings. The van der Waals surface area contributed by atoms with Gasteiger partial charge in [-0.3, -0.25) is 0 Å². The minimum atomic E-state index is -0.985. The number of carboxylic acids is 1. The first kappa shape index (κ1) is 18.4. The molecule has 0 aliphatic heterocycles. The highest BCUT2D eigenvalue weighted by Gasteiger charge is 2.24. The van der Waals surface area contributed by atoms with Gasteiger partial charge in [-0.25, -0.2) is 19.5 Å². The summed E-state index contributed by atoms with van der Waals surface area (Å²) in [5.41, 5.74) is 2.31. The Hall–Kier alpha value is -3.95. The molecule has 0 spiro atoms.